The maximum atomic E-state index is 11.8. The lowest BCUT2D eigenvalue weighted by atomic mass is 9.89. The summed E-state index contributed by atoms with van der Waals surface area (Å²) in [4.78, 5) is 11.8. The van der Waals surface area contributed by atoms with Crippen molar-refractivity contribution in [2.75, 3.05) is 13.1 Å². The van der Waals surface area contributed by atoms with E-state index >= 15 is 0 Å². The summed E-state index contributed by atoms with van der Waals surface area (Å²) >= 11 is 0. The van der Waals surface area contributed by atoms with Crippen LogP contribution in [0.1, 0.15) is 31.4 Å². The van der Waals surface area contributed by atoms with Crippen molar-refractivity contribution in [1.29, 1.82) is 0 Å². The summed E-state index contributed by atoms with van der Waals surface area (Å²) in [6.07, 6.45) is 3.74. The van der Waals surface area contributed by atoms with Crippen molar-refractivity contribution in [2.24, 2.45) is 7.05 Å². The van der Waals surface area contributed by atoms with Gasteiger partial charge in [-0.1, -0.05) is 0 Å². The highest BCUT2D eigenvalue weighted by molar-refractivity contribution is 5.81. The monoisotopic (exact) mass is 236 g/mol. The van der Waals surface area contributed by atoms with Gasteiger partial charge in [0.25, 0.3) is 0 Å². The van der Waals surface area contributed by atoms with Gasteiger partial charge in [0.05, 0.1) is 6.04 Å². The Bertz CT molecular complexity index is 388. The minimum absolute atomic E-state index is 0.0661. The molecular formula is C12H20N4O. The van der Waals surface area contributed by atoms with E-state index < -0.39 is 0 Å². The van der Waals surface area contributed by atoms with E-state index in [1.165, 1.54) is 5.69 Å². The summed E-state index contributed by atoms with van der Waals surface area (Å²) in [6, 6.07) is 1.98. The Morgan fingerprint density at radius 1 is 1.71 bits per heavy atom. The molecule has 0 spiro atoms. The molecule has 0 aromatic carbocycles. The third-order valence-corrected chi connectivity index (χ3v) is 3.35. The van der Waals surface area contributed by atoms with E-state index in [-0.39, 0.29) is 11.9 Å². The molecule has 2 unspecified atom stereocenters. The number of nitrogens with one attached hydrogen (secondary N) is 2. The molecule has 1 saturated heterocycles. The van der Waals surface area contributed by atoms with Crippen LogP contribution in [0.3, 0.4) is 0 Å². The topological polar surface area (TPSA) is 59.0 Å². The first-order valence-corrected chi connectivity index (χ1v) is 6.21. The lowest BCUT2D eigenvalue weighted by Crippen LogP contribution is -2.48. The van der Waals surface area contributed by atoms with E-state index in [0.717, 1.165) is 19.4 Å². The van der Waals surface area contributed by atoms with Gasteiger partial charge in [0.15, 0.2) is 0 Å². The van der Waals surface area contributed by atoms with Gasteiger partial charge in [-0.2, -0.15) is 5.10 Å². The number of piperidine rings is 1. The van der Waals surface area contributed by atoms with Gasteiger partial charge in [0.1, 0.15) is 0 Å². The van der Waals surface area contributed by atoms with Crippen LogP contribution < -0.4 is 10.6 Å². The Morgan fingerprint density at radius 2 is 2.53 bits per heavy atom. The van der Waals surface area contributed by atoms with E-state index in [1.54, 1.807) is 0 Å². The van der Waals surface area contributed by atoms with Crippen LogP contribution in [0.5, 0.6) is 0 Å². The van der Waals surface area contributed by atoms with Crippen LogP contribution in [0.25, 0.3) is 0 Å². The molecule has 0 saturated carbocycles. The second kappa shape index (κ2) is 5.31. The molecular weight excluding hydrogens is 216 g/mol. The Morgan fingerprint density at radius 3 is 3.18 bits per heavy atom. The van der Waals surface area contributed by atoms with Crippen molar-refractivity contribution in [3.05, 3.63) is 18.0 Å². The zero-order valence-electron chi connectivity index (χ0n) is 10.4. The molecule has 5 heteroatoms. The van der Waals surface area contributed by atoms with E-state index in [0.29, 0.717) is 12.5 Å². The first kappa shape index (κ1) is 12.1. The van der Waals surface area contributed by atoms with Crippen molar-refractivity contribution in [2.45, 2.75) is 31.7 Å². The standard InChI is InChI=1S/C12H20N4O/c1-3-13-12(17)10-8-9(4-6-14-10)11-5-7-15-16(11)2/h5,7,9-10,14H,3-4,6,8H2,1-2H3,(H,13,17). The van der Waals surface area contributed by atoms with Crippen LogP contribution in [0.4, 0.5) is 0 Å². The summed E-state index contributed by atoms with van der Waals surface area (Å²) in [5.41, 5.74) is 1.22. The third-order valence-electron chi connectivity index (χ3n) is 3.35. The van der Waals surface area contributed by atoms with Crippen molar-refractivity contribution in [1.82, 2.24) is 20.4 Å². The van der Waals surface area contributed by atoms with Crippen molar-refractivity contribution < 1.29 is 4.79 Å². The van der Waals surface area contributed by atoms with Gasteiger partial charge in [-0.3, -0.25) is 9.48 Å². The minimum atomic E-state index is -0.0661. The molecule has 0 bridgehead atoms. The quantitative estimate of drug-likeness (QED) is 0.798. The van der Waals surface area contributed by atoms with E-state index in [9.17, 15) is 4.79 Å². The fourth-order valence-corrected chi connectivity index (χ4v) is 2.47. The average molecular weight is 236 g/mol. The average Bonchev–Trinajstić information content (AvgIpc) is 2.76. The molecule has 2 atom stereocenters. The van der Waals surface area contributed by atoms with Gasteiger partial charge in [0.2, 0.25) is 5.91 Å². The third kappa shape index (κ3) is 2.66. The number of aryl methyl sites for hydroxylation is 1. The molecule has 1 amide bonds. The highest BCUT2D eigenvalue weighted by Gasteiger charge is 2.28. The predicted molar refractivity (Wildman–Crippen MR) is 65.7 cm³/mol. The summed E-state index contributed by atoms with van der Waals surface area (Å²) in [5.74, 6) is 0.538. The second-order valence-electron chi connectivity index (χ2n) is 4.50. The fraction of sp³-hybridized carbons (Fsp3) is 0.667. The van der Waals surface area contributed by atoms with Gasteiger partial charge >= 0.3 is 0 Å². The van der Waals surface area contributed by atoms with Crippen LogP contribution in [0.15, 0.2) is 12.3 Å². The van der Waals surface area contributed by atoms with Crippen molar-refractivity contribution in [3.8, 4) is 0 Å². The largest absolute Gasteiger partial charge is 0.355 e. The SMILES string of the molecule is CCNC(=O)C1CC(c2ccnn2C)CCN1. The normalized spacial score (nSPS) is 24.6. The molecule has 1 aromatic heterocycles. The molecule has 5 nitrogen and oxygen atoms in total. The number of aromatic nitrogens is 2. The van der Waals surface area contributed by atoms with Crippen LogP contribution in [0.2, 0.25) is 0 Å². The summed E-state index contributed by atoms with van der Waals surface area (Å²) < 4.78 is 1.91. The van der Waals surface area contributed by atoms with Gasteiger partial charge in [-0.25, -0.2) is 0 Å². The number of carbonyl (C=O) groups excluding carboxylic acids is 1. The van der Waals surface area contributed by atoms with Gasteiger partial charge in [0, 0.05) is 31.4 Å². The zero-order valence-corrected chi connectivity index (χ0v) is 10.4. The number of hydrogen-bond donors (Lipinski definition) is 2. The zero-order chi connectivity index (χ0) is 12.3. The van der Waals surface area contributed by atoms with Gasteiger partial charge in [-0.15, -0.1) is 0 Å². The number of carbonyl (C=O) groups is 1. The molecule has 1 aliphatic rings. The molecule has 1 aliphatic heterocycles. The smallest absolute Gasteiger partial charge is 0.237 e. The summed E-state index contributed by atoms with van der Waals surface area (Å²) in [5, 5.41) is 10.3. The highest BCUT2D eigenvalue weighted by Crippen LogP contribution is 2.27. The number of nitrogens with zero attached hydrogens (tertiary/aromatic N) is 2. The molecule has 17 heavy (non-hydrogen) atoms. The van der Waals surface area contributed by atoms with Crippen molar-refractivity contribution >= 4 is 5.91 Å². The van der Waals surface area contributed by atoms with E-state index in [2.05, 4.69) is 15.7 Å². The number of likely N-dealkylation sites (N-methyl/N-ethyl adjacent to an activating group) is 1. The Kier molecular flexibility index (Phi) is 3.78. The lowest BCUT2D eigenvalue weighted by molar-refractivity contribution is -0.123. The number of rotatable bonds is 3. The number of hydrogen-bond acceptors (Lipinski definition) is 3. The van der Waals surface area contributed by atoms with Gasteiger partial charge in [-0.05, 0) is 32.4 Å². The molecule has 2 N–H and O–H groups in total. The molecule has 94 valence electrons. The second-order valence-corrected chi connectivity index (χ2v) is 4.50. The van der Waals surface area contributed by atoms with Crippen LogP contribution in [-0.4, -0.2) is 34.8 Å². The molecule has 1 aromatic rings. The van der Waals surface area contributed by atoms with Crippen LogP contribution >= 0.6 is 0 Å². The van der Waals surface area contributed by atoms with E-state index in [1.807, 2.05) is 30.9 Å². The van der Waals surface area contributed by atoms with Crippen LogP contribution in [-0.2, 0) is 11.8 Å². The van der Waals surface area contributed by atoms with Crippen molar-refractivity contribution in [3.63, 3.8) is 0 Å². The Labute approximate surface area is 102 Å². The Hall–Kier alpha value is -1.36. The maximum absolute atomic E-state index is 11.8. The maximum Gasteiger partial charge on any atom is 0.237 e. The predicted octanol–water partition coefficient (Wildman–Crippen LogP) is 0.392. The van der Waals surface area contributed by atoms with E-state index in [4.69, 9.17) is 0 Å². The first-order valence-electron chi connectivity index (χ1n) is 6.21. The minimum Gasteiger partial charge on any atom is -0.355 e. The molecule has 2 rings (SSSR count). The lowest BCUT2D eigenvalue weighted by Gasteiger charge is -2.29. The fourth-order valence-electron chi connectivity index (χ4n) is 2.47. The van der Waals surface area contributed by atoms with Gasteiger partial charge < -0.3 is 10.6 Å². The number of amides is 1. The summed E-state index contributed by atoms with van der Waals surface area (Å²) in [6.45, 7) is 3.52. The molecule has 0 aliphatic carbocycles. The Balaban J connectivity index is 2.02. The summed E-state index contributed by atoms with van der Waals surface area (Å²) in [7, 11) is 1.96. The highest BCUT2D eigenvalue weighted by atomic mass is 16.2. The van der Waals surface area contributed by atoms with Crippen LogP contribution in [0, 0.1) is 0 Å². The molecule has 0 radical (unpaired) electrons. The first-order chi connectivity index (χ1) is 8.22. The molecule has 1 fully saturated rings. The molecule has 2 heterocycles.